The number of methoxy groups -OCH3 is 1. The molecule has 0 spiro atoms. The van der Waals surface area contributed by atoms with Crippen molar-refractivity contribution in [3.05, 3.63) is 107 Å². The van der Waals surface area contributed by atoms with E-state index in [-0.39, 0.29) is 18.1 Å². The maximum absolute atomic E-state index is 12.3. The Bertz CT molecular complexity index is 1560. The second kappa shape index (κ2) is 11.3. The first-order valence-corrected chi connectivity index (χ1v) is 14.2. The van der Waals surface area contributed by atoms with Crippen molar-refractivity contribution in [2.24, 2.45) is 0 Å². The molecule has 2 aliphatic heterocycles. The molecule has 8 nitrogen and oxygen atoms in total. The number of esters is 1. The van der Waals surface area contributed by atoms with Gasteiger partial charge in [-0.3, -0.25) is 4.98 Å². The predicted molar refractivity (Wildman–Crippen MR) is 164 cm³/mol. The summed E-state index contributed by atoms with van der Waals surface area (Å²) in [5, 5.41) is 4.23. The largest absolute Gasteiger partial charge is 0.465 e. The summed E-state index contributed by atoms with van der Waals surface area (Å²) in [7, 11) is 1.40. The first-order chi connectivity index (χ1) is 20.0. The fourth-order valence-electron chi connectivity index (χ4n) is 5.97. The van der Waals surface area contributed by atoms with Gasteiger partial charge in [-0.15, -0.1) is 0 Å². The summed E-state index contributed by atoms with van der Waals surface area (Å²) in [6.45, 7) is 7.46. The quantitative estimate of drug-likeness (QED) is 0.249. The van der Waals surface area contributed by atoms with Gasteiger partial charge >= 0.3 is 5.97 Å². The predicted octanol–water partition coefficient (Wildman–Crippen LogP) is 5.29. The number of anilines is 2. The number of aryl methyl sites for hydroxylation is 1. The maximum atomic E-state index is 12.3. The number of ether oxygens (including phenoxy) is 2. The van der Waals surface area contributed by atoms with Gasteiger partial charge in [0, 0.05) is 47.7 Å². The summed E-state index contributed by atoms with van der Waals surface area (Å²) in [4.78, 5) is 21.5. The highest BCUT2D eigenvalue weighted by atomic mass is 32.1. The zero-order valence-corrected chi connectivity index (χ0v) is 24.2. The highest BCUT2D eigenvalue weighted by molar-refractivity contribution is 7.80. The minimum absolute atomic E-state index is 0.143. The lowest BCUT2D eigenvalue weighted by Crippen LogP contribution is -2.36. The number of benzene rings is 2. The summed E-state index contributed by atoms with van der Waals surface area (Å²) >= 11 is 5.97. The molecular formula is C32H33N5O3S. The van der Waals surface area contributed by atoms with E-state index in [0.717, 1.165) is 60.3 Å². The third kappa shape index (κ3) is 5.07. The molecule has 4 aromatic rings. The highest BCUT2D eigenvalue weighted by Gasteiger charge is 2.42. The van der Waals surface area contributed by atoms with E-state index in [1.807, 2.05) is 42.6 Å². The van der Waals surface area contributed by atoms with Crippen LogP contribution in [0.3, 0.4) is 0 Å². The monoisotopic (exact) mass is 567 g/mol. The zero-order valence-electron chi connectivity index (χ0n) is 23.4. The van der Waals surface area contributed by atoms with Gasteiger partial charge in [0.2, 0.25) is 0 Å². The first-order valence-electron chi connectivity index (χ1n) is 13.8. The molecule has 0 radical (unpaired) electrons. The molecule has 2 unspecified atom stereocenters. The molecule has 1 N–H and O–H groups in total. The van der Waals surface area contributed by atoms with Crippen LogP contribution in [0.4, 0.5) is 11.4 Å². The van der Waals surface area contributed by atoms with Crippen molar-refractivity contribution in [1.82, 2.24) is 14.9 Å². The Morgan fingerprint density at radius 2 is 1.73 bits per heavy atom. The number of pyridine rings is 1. The number of thiocarbonyl (C=S) groups is 1. The number of hydrogen-bond acceptors (Lipinski definition) is 6. The molecule has 0 amide bonds. The molecule has 0 saturated carbocycles. The number of carbonyl (C=O) groups is 1. The summed E-state index contributed by atoms with van der Waals surface area (Å²) < 4.78 is 12.7. The van der Waals surface area contributed by atoms with Gasteiger partial charge in [-0.2, -0.15) is 0 Å². The van der Waals surface area contributed by atoms with Crippen molar-refractivity contribution in [3.63, 3.8) is 0 Å². The minimum Gasteiger partial charge on any atom is -0.465 e. The second-order valence-corrected chi connectivity index (χ2v) is 10.7. The molecule has 4 heterocycles. The minimum atomic E-state index is -0.359. The van der Waals surface area contributed by atoms with E-state index in [2.05, 4.69) is 63.9 Å². The van der Waals surface area contributed by atoms with Crippen LogP contribution < -0.4 is 15.1 Å². The van der Waals surface area contributed by atoms with Crippen LogP contribution >= 0.6 is 12.2 Å². The SMILES string of the molecule is COC(=O)c1cccc(-n2c(C)cc(C3C(c4ccccn4)NC(=S)N3c3ccc(N4CCOCC4)cc3)c2C)c1. The summed E-state index contributed by atoms with van der Waals surface area (Å²) in [6, 6.07) is 24.0. The number of nitrogens with one attached hydrogen (secondary N) is 1. The van der Waals surface area contributed by atoms with Crippen LogP contribution in [0.2, 0.25) is 0 Å². The third-order valence-electron chi connectivity index (χ3n) is 7.92. The first kappa shape index (κ1) is 27.0. The highest BCUT2D eigenvalue weighted by Crippen LogP contribution is 2.44. The molecule has 41 heavy (non-hydrogen) atoms. The van der Waals surface area contributed by atoms with Gasteiger partial charge in [0.15, 0.2) is 5.11 Å². The zero-order chi connectivity index (χ0) is 28.5. The number of nitrogens with zero attached hydrogens (tertiary/aromatic N) is 4. The molecule has 2 fully saturated rings. The molecule has 2 aromatic carbocycles. The topological polar surface area (TPSA) is 71.9 Å². The van der Waals surface area contributed by atoms with Gasteiger partial charge in [0.25, 0.3) is 0 Å². The third-order valence-corrected chi connectivity index (χ3v) is 8.23. The van der Waals surface area contributed by atoms with Gasteiger partial charge in [-0.1, -0.05) is 12.1 Å². The summed E-state index contributed by atoms with van der Waals surface area (Å²) in [5.74, 6) is -0.359. The van der Waals surface area contributed by atoms with Crippen LogP contribution in [0.1, 0.15) is 45.1 Å². The Hall–Kier alpha value is -4.21. The number of aromatic nitrogens is 2. The Morgan fingerprint density at radius 3 is 2.44 bits per heavy atom. The number of morpholine rings is 1. The van der Waals surface area contributed by atoms with Crippen molar-refractivity contribution in [1.29, 1.82) is 0 Å². The fourth-order valence-corrected chi connectivity index (χ4v) is 6.31. The average molecular weight is 568 g/mol. The van der Waals surface area contributed by atoms with E-state index < -0.39 is 0 Å². The molecule has 0 bridgehead atoms. The van der Waals surface area contributed by atoms with Crippen molar-refractivity contribution in [3.8, 4) is 5.69 Å². The maximum Gasteiger partial charge on any atom is 0.337 e. The van der Waals surface area contributed by atoms with E-state index in [9.17, 15) is 4.79 Å². The molecule has 2 atom stereocenters. The molecule has 2 saturated heterocycles. The van der Waals surface area contributed by atoms with Gasteiger partial charge in [-0.25, -0.2) is 4.79 Å². The Morgan fingerprint density at radius 1 is 0.976 bits per heavy atom. The van der Waals surface area contributed by atoms with E-state index in [0.29, 0.717) is 10.7 Å². The van der Waals surface area contributed by atoms with Crippen molar-refractivity contribution < 1.29 is 14.3 Å². The van der Waals surface area contributed by atoms with Crippen LogP contribution in [-0.4, -0.2) is 54.0 Å². The van der Waals surface area contributed by atoms with Gasteiger partial charge in [-0.05, 0) is 92.3 Å². The van der Waals surface area contributed by atoms with Crippen LogP contribution in [0.25, 0.3) is 5.69 Å². The number of hydrogen-bond donors (Lipinski definition) is 1. The summed E-state index contributed by atoms with van der Waals surface area (Å²) in [5.41, 5.74) is 7.78. The van der Waals surface area contributed by atoms with E-state index in [1.165, 1.54) is 12.8 Å². The Labute approximate surface area is 245 Å². The van der Waals surface area contributed by atoms with Gasteiger partial charge in [0.05, 0.1) is 43.7 Å². The average Bonchev–Trinajstić information content (AvgIpc) is 3.52. The van der Waals surface area contributed by atoms with Crippen LogP contribution in [0, 0.1) is 13.8 Å². The lowest BCUT2D eigenvalue weighted by Gasteiger charge is -2.31. The van der Waals surface area contributed by atoms with Crippen LogP contribution in [-0.2, 0) is 9.47 Å². The Balaban J connectivity index is 1.43. The lowest BCUT2D eigenvalue weighted by molar-refractivity contribution is 0.0600. The normalized spacial score (nSPS) is 18.9. The van der Waals surface area contributed by atoms with Gasteiger partial charge in [0.1, 0.15) is 0 Å². The molecule has 6 rings (SSSR count). The molecule has 2 aliphatic rings. The molecule has 2 aromatic heterocycles. The van der Waals surface area contributed by atoms with E-state index in [4.69, 9.17) is 26.7 Å². The van der Waals surface area contributed by atoms with Crippen LogP contribution in [0.15, 0.2) is 79.0 Å². The van der Waals surface area contributed by atoms with E-state index in [1.54, 1.807) is 6.07 Å². The number of carbonyl (C=O) groups excluding carboxylic acids is 1. The molecular weight excluding hydrogens is 534 g/mol. The lowest BCUT2D eigenvalue weighted by atomic mass is 9.96. The van der Waals surface area contributed by atoms with E-state index >= 15 is 0 Å². The second-order valence-electron chi connectivity index (χ2n) is 10.3. The fraction of sp³-hybridized carbons (Fsp3) is 0.281. The smallest absolute Gasteiger partial charge is 0.337 e. The number of rotatable bonds is 6. The summed E-state index contributed by atoms with van der Waals surface area (Å²) in [6.07, 6.45) is 1.82. The molecule has 210 valence electrons. The Kier molecular flexibility index (Phi) is 7.47. The standard InChI is InChI=1S/C32H33N5O3S/c1-21-19-27(22(2)36(21)26-8-6-7-23(20-26)31(38)39-3)30-29(28-9-4-5-14-33-28)34-32(41)37(30)25-12-10-24(11-13-25)35-15-17-40-18-16-35/h4-14,19-20,29-30H,15-18H2,1-3H3,(H,34,41). The molecule has 9 heteroatoms. The van der Waals surface area contributed by atoms with Crippen LogP contribution in [0.5, 0.6) is 0 Å². The van der Waals surface area contributed by atoms with Crippen molar-refractivity contribution in [2.75, 3.05) is 43.2 Å². The van der Waals surface area contributed by atoms with Crippen molar-refractivity contribution >= 4 is 34.7 Å². The molecule has 0 aliphatic carbocycles. The van der Waals surface area contributed by atoms with Crippen molar-refractivity contribution in [2.45, 2.75) is 25.9 Å². The van der Waals surface area contributed by atoms with Gasteiger partial charge < -0.3 is 29.2 Å².